The molecule has 0 spiro atoms. The number of aliphatic imine (C=N–C) groups is 1. The lowest BCUT2D eigenvalue weighted by Gasteiger charge is -2.28. The molecule has 0 radical (unpaired) electrons. The molecule has 2 unspecified atom stereocenters. The fraction of sp³-hybridized carbons (Fsp3) is 0.393. The third-order valence-corrected chi connectivity index (χ3v) is 7.81. The third kappa shape index (κ3) is 4.53. The first-order valence-corrected chi connectivity index (χ1v) is 13.1. The van der Waals surface area contributed by atoms with Crippen LogP contribution in [0.3, 0.4) is 0 Å². The lowest BCUT2D eigenvalue weighted by Crippen LogP contribution is -2.35. The number of aromatic amines is 1. The van der Waals surface area contributed by atoms with E-state index in [1.165, 1.54) is 12.8 Å². The molecule has 1 aliphatic carbocycles. The Balaban J connectivity index is 1.69. The van der Waals surface area contributed by atoms with Crippen LogP contribution in [-0.2, 0) is 7.05 Å². The number of hydrogen-bond donors (Lipinski definition) is 3. The summed E-state index contributed by atoms with van der Waals surface area (Å²) in [5, 5.41) is 18.0. The van der Waals surface area contributed by atoms with Gasteiger partial charge in [-0.1, -0.05) is 24.6 Å². The number of allylic oxidation sites excluding steroid dienone is 1. The Labute approximate surface area is 216 Å². The van der Waals surface area contributed by atoms with Gasteiger partial charge in [0.15, 0.2) is 0 Å². The summed E-state index contributed by atoms with van der Waals surface area (Å²) >= 11 is 7.00. The first-order valence-electron chi connectivity index (χ1n) is 12.7. The van der Waals surface area contributed by atoms with Crippen LogP contribution in [0.1, 0.15) is 56.2 Å². The van der Waals surface area contributed by atoms with Gasteiger partial charge in [0.25, 0.3) is 0 Å². The number of hydrogen-bond acceptors (Lipinski definition) is 5. The van der Waals surface area contributed by atoms with E-state index in [-0.39, 0.29) is 6.04 Å². The molecule has 0 amide bonds. The van der Waals surface area contributed by atoms with Gasteiger partial charge in [0.1, 0.15) is 0 Å². The normalized spacial score (nSPS) is 19.8. The smallest absolute Gasteiger partial charge is 0.0679 e. The van der Waals surface area contributed by atoms with Crippen LogP contribution in [0, 0.1) is 6.92 Å². The van der Waals surface area contributed by atoms with E-state index in [0.717, 1.165) is 69.2 Å². The highest BCUT2D eigenvalue weighted by Gasteiger charge is 2.24. The molecule has 2 aromatic carbocycles. The van der Waals surface area contributed by atoms with E-state index in [4.69, 9.17) is 22.3 Å². The second-order valence-corrected chi connectivity index (χ2v) is 10.2. The summed E-state index contributed by atoms with van der Waals surface area (Å²) < 4.78 is 1.86. The van der Waals surface area contributed by atoms with Gasteiger partial charge in [-0.15, -0.1) is 0 Å². The highest BCUT2D eigenvalue weighted by Crippen LogP contribution is 2.38. The topological polar surface area (TPSA) is 96.9 Å². The fourth-order valence-corrected chi connectivity index (χ4v) is 5.78. The lowest BCUT2D eigenvalue weighted by atomic mass is 9.89. The van der Waals surface area contributed by atoms with Gasteiger partial charge in [-0.3, -0.25) is 14.8 Å². The van der Waals surface area contributed by atoms with E-state index < -0.39 is 0 Å². The van der Waals surface area contributed by atoms with Gasteiger partial charge in [-0.25, -0.2) is 0 Å². The largest absolute Gasteiger partial charge is 0.398 e. The Morgan fingerprint density at radius 3 is 2.92 bits per heavy atom. The van der Waals surface area contributed by atoms with E-state index >= 15 is 0 Å². The maximum Gasteiger partial charge on any atom is 0.0679 e. The number of aryl methyl sites for hydroxylation is 2. The summed E-state index contributed by atoms with van der Waals surface area (Å²) in [7, 11) is 1.94. The van der Waals surface area contributed by atoms with Gasteiger partial charge in [-0.2, -0.15) is 10.2 Å². The zero-order chi connectivity index (χ0) is 25.4. The number of nitrogens with two attached hydrogens (primary N) is 1. The molecule has 36 heavy (non-hydrogen) atoms. The highest BCUT2D eigenvalue weighted by atomic mass is 35.5. The summed E-state index contributed by atoms with van der Waals surface area (Å²) in [5.74, 6) is 0. The van der Waals surface area contributed by atoms with Crippen molar-refractivity contribution in [2.45, 2.75) is 58.5 Å². The minimum absolute atomic E-state index is 0.245. The van der Waals surface area contributed by atoms with Crippen molar-refractivity contribution < 1.29 is 0 Å². The Morgan fingerprint density at radius 2 is 2.11 bits per heavy atom. The molecule has 0 bridgehead atoms. The highest BCUT2D eigenvalue weighted by molar-refractivity contribution is 6.40. The predicted molar refractivity (Wildman–Crippen MR) is 150 cm³/mol. The van der Waals surface area contributed by atoms with Gasteiger partial charge < -0.3 is 11.1 Å². The van der Waals surface area contributed by atoms with E-state index in [9.17, 15) is 0 Å². The first kappa shape index (κ1) is 24.5. The van der Waals surface area contributed by atoms with Crippen molar-refractivity contribution in [2.75, 3.05) is 6.54 Å². The van der Waals surface area contributed by atoms with Gasteiger partial charge in [-0.05, 0) is 75.4 Å². The minimum Gasteiger partial charge on any atom is -0.398 e. The Morgan fingerprint density at radius 1 is 1.28 bits per heavy atom. The number of benzene rings is 2. The van der Waals surface area contributed by atoms with Gasteiger partial charge in [0, 0.05) is 46.4 Å². The van der Waals surface area contributed by atoms with Crippen molar-refractivity contribution in [3.8, 4) is 0 Å². The molecule has 7 nitrogen and oxygen atoms in total. The number of nitrogens with zero attached hydrogens (tertiary/aromatic N) is 4. The average Bonchev–Trinajstić information content (AvgIpc) is 3.48. The predicted octanol–water partition coefficient (Wildman–Crippen LogP) is 5.62. The molecule has 1 aliphatic rings. The van der Waals surface area contributed by atoms with Crippen molar-refractivity contribution in [1.29, 1.82) is 0 Å². The Bertz CT molecular complexity index is 1470. The van der Waals surface area contributed by atoms with Crippen LogP contribution in [-0.4, -0.2) is 44.3 Å². The van der Waals surface area contributed by atoms with E-state index in [1.807, 2.05) is 43.2 Å². The van der Waals surface area contributed by atoms with Gasteiger partial charge in [0.05, 0.1) is 34.5 Å². The van der Waals surface area contributed by atoms with Crippen LogP contribution in [0.2, 0.25) is 5.02 Å². The summed E-state index contributed by atoms with van der Waals surface area (Å²) in [4.78, 5) is 5.25. The van der Waals surface area contributed by atoms with Crippen molar-refractivity contribution in [2.24, 2.45) is 17.8 Å². The monoisotopic (exact) mass is 503 g/mol. The molecule has 4 aromatic rings. The maximum absolute atomic E-state index is 7.00. The minimum atomic E-state index is 0.245. The molecule has 1 fully saturated rings. The molecule has 2 heterocycles. The second kappa shape index (κ2) is 10.1. The molecule has 2 atom stereocenters. The van der Waals surface area contributed by atoms with Crippen LogP contribution in [0.4, 0.5) is 0 Å². The molecule has 8 heteroatoms. The van der Waals surface area contributed by atoms with E-state index in [1.54, 1.807) is 0 Å². The molecule has 4 N–H and O–H groups in total. The number of H-pyrrole nitrogens is 1. The Kier molecular flexibility index (Phi) is 6.86. The quantitative estimate of drug-likeness (QED) is 0.235. The first-order chi connectivity index (χ1) is 17.4. The van der Waals surface area contributed by atoms with Crippen molar-refractivity contribution in [3.63, 3.8) is 0 Å². The zero-order valence-electron chi connectivity index (χ0n) is 21.4. The van der Waals surface area contributed by atoms with Crippen LogP contribution in [0.15, 0.2) is 41.7 Å². The number of nitrogens with one attached hydrogen (secondary N) is 2. The van der Waals surface area contributed by atoms with E-state index in [0.29, 0.717) is 16.8 Å². The van der Waals surface area contributed by atoms with Crippen molar-refractivity contribution in [1.82, 2.24) is 25.3 Å². The molecular weight excluding hydrogens is 470 g/mol. The molecule has 1 saturated carbocycles. The molecule has 2 aromatic heterocycles. The maximum atomic E-state index is 7.00. The van der Waals surface area contributed by atoms with Crippen LogP contribution in [0.5, 0.6) is 0 Å². The zero-order valence-corrected chi connectivity index (χ0v) is 22.2. The van der Waals surface area contributed by atoms with Crippen molar-refractivity contribution in [3.05, 3.63) is 58.4 Å². The molecule has 0 saturated heterocycles. The molecule has 0 aliphatic heterocycles. The summed E-state index contributed by atoms with van der Waals surface area (Å²) in [6.45, 7) is 7.21. The number of aromatic nitrogens is 4. The standard InChI is InChI=1S/C28H34ClN7/c1-5-31-20-7-6-8-21(13-20)34-17(3)25(26-22-15-32-35-23(22)11-16(2)27(26)29)28(30)18-9-10-24-19(12-18)14-33-36(24)4/h9-12,14-15,20-21,31H,5-8,13,30H2,1-4H3,(H,32,35)/b28-25+,34-17?. The average molecular weight is 504 g/mol. The summed E-state index contributed by atoms with van der Waals surface area (Å²) in [6, 6.07) is 8.97. The van der Waals surface area contributed by atoms with Gasteiger partial charge in [0.2, 0.25) is 0 Å². The third-order valence-electron chi connectivity index (χ3n) is 7.32. The second-order valence-electron chi connectivity index (χ2n) is 9.83. The summed E-state index contributed by atoms with van der Waals surface area (Å²) in [5.41, 5.74) is 14.2. The number of halogens is 1. The molecular formula is C28H34ClN7. The lowest BCUT2D eigenvalue weighted by molar-refractivity contribution is 0.346. The summed E-state index contributed by atoms with van der Waals surface area (Å²) in [6.07, 6.45) is 8.17. The number of fused-ring (bicyclic) bond motifs is 2. The van der Waals surface area contributed by atoms with Crippen molar-refractivity contribution >= 4 is 50.4 Å². The SMILES string of the molecule is CCNC1CCCC(N=C(C)/C(=C(\N)c2ccc3c(cnn3C)c2)c2c(Cl)c(C)cc3[nH]ncc23)C1. The van der Waals surface area contributed by atoms with Crippen LogP contribution < -0.4 is 11.1 Å². The molecule has 5 rings (SSSR count). The fourth-order valence-electron chi connectivity index (χ4n) is 5.52. The molecule has 188 valence electrons. The Hall–Kier alpha value is -3.16. The number of rotatable bonds is 6. The van der Waals surface area contributed by atoms with Crippen LogP contribution >= 0.6 is 11.6 Å². The van der Waals surface area contributed by atoms with E-state index in [2.05, 4.69) is 46.6 Å². The van der Waals surface area contributed by atoms with Crippen LogP contribution in [0.25, 0.3) is 33.1 Å². The van der Waals surface area contributed by atoms with Gasteiger partial charge >= 0.3 is 0 Å².